The van der Waals surface area contributed by atoms with Gasteiger partial charge in [0.1, 0.15) is 17.0 Å². The summed E-state index contributed by atoms with van der Waals surface area (Å²) >= 11 is 0. The highest BCUT2D eigenvalue weighted by atomic mass is 19.3. The molecule has 19 heteroatoms. The Morgan fingerprint density at radius 1 is 0.969 bits per heavy atom. The van der Waals surface area contributed by atoms with Gasteiger partial charge in [-0.3, -0.25) is 34.1 Å². The molecule has 4 amide bonds. The number of benzene rings is 2. The number of nitrogens with zero attached hydrogens (tertiary/aromatic N) is 8. The molecule has 1 saturated carbocycles. The number of fused-ring (bicyclic) bond motifs is 5. The standard InChI is InChI=1S/C45H47F2N11O6/c46-42(47)41-33(50-45(62)31-18-48-57-12-11-37(51-43(31)57)56-21-36-34(56)24-64-36)20-58(53-41)28-5-1-25(2-6-28)19-54-13-15-55(16-14-54)22-39(60)49-27-4-7-29-26(17-27)3-9-35-40(29)32(23-63-35)30-8-10-38(59)52-44(30)61/h3-4,7,9,11-12,17-18,20,23,25,28,30,34,36,42H,1-2,5-6,8,10,13-16,19,21-22,24H2,(H,49,60)(H,50,62)(H,52,59,61)/t25?,28?,30-,34?,36-/m0/s1. The Morgan fingerprint density at radius 3 is 2.55 bits per heavy atom. The summed E-state index contributed by atoms with van der Waals surface area (Å²) in [5, 5.41) is 19.3. The number of anilines is 3. The molecule has 1 unspecified atom stereocenters. The summed E-state index contributed by atoms with van der Waals surface area (Å²) in [5.74, 6) is -0.551. The molecule has 5 fully saturated rings. The van der Waals surface area contributed by atoms with Crippen molar-refractivity contribution in [1.82, 2.24) is 39.5 Å². The van der Waals surface area contributed by atoms with Crippen molar-refractivity contribution in [2.45, 2.75) is 69.1 Å². The van der Waals surface area contributed by atoms with Crippen LogP contribution in [0.4, 0.5) is 26.0 Å². The van der Waals surface area contributed by atoms with Crippen LogP contribution in [-0.2, 0) is 19.1 Å². The first-order valence-electron chi connectivity index (χ1n) is 22.0. The average molecular weight is 876 g/mol. The fourth-order valence-corrected chi connectivity index (χ4v) is 10.2. The number of ether oxygens (including phenoxy) is 1. The minimum Gasteiger partial charge on any atom is -0.464 e. The molecular weight excluding hydrogens is 829 g/mol. The largest absolute Gasteiger partial charge is 0.464 e. The van der Waals surface area contributed by atoms with Gasteiger partial charge in [-0.15, -0.1) is 0 Å². The molecule has 2 aromatic carbocycles. The number of aromatic nitrogens is 5. The Hall–Kier alpha value is -6.31. The average Bonchev–Trinajstić information content (AvgIpc) is 4.03. The number of rotatable bonds is 11. The summed E-state index contributed by atoms with van der Waals surface area (Å²) in [6.45, 7) is 5.80. The SMILES string of the molecule is O=C1CC[C@@H](c2coc3ccc4cc(NC(=O)CN5CCN(CC6CCC(n7cc(NC(=O)c8cnn9ccc(N%10C[C@@H]%11OCC%11%10)nc89)c(C(F)F)n7)CC6)CC5)ccc4c23)C(=O)N1. The molecule has 4 saturated heterocycles. The van der Waals surface area contributed by atoms with Gasteiger partial charge in [0.25, 0.3) is 12.3 Å². The van der Waals surface area contributed by atoms with E-state index in [1.807, 2.05) is 36.4 Å². The van der Waals surface area contributed by atoms with Crippen LogP contribution in [0, 0.1) is 5.92 Å². The second-order valence-corrected chi connectivity index (χ2v) is 17.7. The summed E-state index contributed by atoms with van der Waals surface area (Å²) < 4.78 is 43.0. The minimum atomic E-state index is -2.87. The number of carbonyl (C=O) groups excluding carboxylic acids is 4. The number of hydrogen-bond acceptors (Lipinski definition) is 12. The number of hydrogen-bond donors (Lipinski definition) is 3. The van der Waals surface area contributed by atoms with Crippen molar-refractivity contribution in [3.05, 3.63) is 78.1 Å². The normalized spacial score (nSPS) is 24.2. The molecule has 6 aromatic rings. The van der Waals surface area contributed by atoms with Gasteiger partial charge in [-0.1, -0.05) is 12.1 Å². The summed E-state index contributed by atoms with van der Waals surface area (Å²) in [6, 6.07) is 11.6. The van der Waals surface area contributed by atoms with E-state index in [2.05, 4.69) is 45.8 Å². The van der Waals surface area contributed by atoms with E-state index in [4.69, 9.17) is 9.15 Å². The topological polar surface area (TPSA) is 184 Å². The highest BCUT2D eigenvalue weighted by Gasteiger charge is 2.48. The van der Waals surface area contributed by atoms with E-state index in [-0.39, 0.29) is 60.1 Å². The molecule has 0 spiro atoms. The number of furan rings is 1. The minimum absolute atomic E-state index is 0.0168. The van der Waals surface area contributed by atoms with Gasteiger partial charge in [0, 0.05) is 74.7 Å². The smallest absolute Gasteiger partial charge is 0.284 e. The highest BCUT2D eigenvalue weighted by molar-refractivity contribution is 6.12. The van der Waals surface area contributed by atoms with Crippen molar-refractivity contribution in [3.8, 4) is 0 Å². The highest BCUT2D eigenvalue weighted by Crippen LogP contribution is 2.39. The molecule has 8 heterocycles. The van der Waals surface area contributed by atoms with E-state index in [9.17, 15) is 28.0 Å². The van der Waals surface area contributed by atoms with E-state index in [1.54, 1.807) is 17.1 Å². The maximum atomic E-state index is 14.3. The van der Waals surface area contributed by atoms with Gasteiger partial charge in [0.2, 0.25) is 17.7 Å². The zero-order chi connectivity index (χ0) is 43.6. The second kappa shape index (κ2) is 16.4. The van der Waals surface area contributed by atoms with Crippen LogP contribution in [0.3, 0.4) is 0 Å². The van der Waals surface area contributed by atoms with Crippen LogP contribution in [0.5, 0.6) is 0 Å². The Morgan fingerprint density at radius 2 is 1.80 bits per heavy atom. The molecule has 332 valence electrons. The lowest BCUT2D eigenvalue weighted by atomic mass is 9.85. The third-order valence-electron chi connectivity index (χ3n) is 13.8. The molecule has 64 heavy (non-hydrogen) atoms. The van der Waals surface area contributed by atoms with Crippen molar-refractivity contribution in [2.24, 2.45) is 5.92 Å². The molecule has 1 aliphatic carbocycles. The quantitative estimate of drug-likeness (QED) is 0.147. The first-order chi connectivity index (χ1) is 31.1. The van der Waals surface area contributed by atoms with Crippen molar-refractivity contribution >= 4 is 68.2 Å². The fourth-order valence-electron chi connectivity index (χ4n) is 10.2. The zero-order valence-electron chi connectivity index (χ0n) is 34.9. The van der Waals surface area contributed by atoms with Crippen molar-refractivity contribution in [2.75, 3.05) is 68.0 Å². The van der Waals surface area contributed by atoms with Crippen LogP contribution < -0.4 is 20.9 Å². The lowest BCUT2D eigenvalue weighted by molar-refractivity contribution is -0.134. The number of carbonyl (C=O) groups is 4. The van der Waals surface area contributed by atoms with E-state index in [1.165, 1.54) is 16.9 Å². The van der Waals surface area contributed by atoms with Crippen LogP contribution in [0.25, 0.3) is 27.4 Å². The molecule has 0 radical (unpaired) electrons. The lowest BCUT2D eigenvalue weighted by Crippen LogP contribution is -2.71. The maximum Gasteiger partial charge on any atom is 0.284 e. The van der Waals surface area contributed by atoms with E-state index >= 15 is 0 Å². The number of alkyl halides is 2. The lowest BCUT2D eigenvalue weighted by Gasteiger charge is -2.55. The predicted octanol–water partition coefficient (Wildman–Crippen LogP) is 5.11. The number of piperazine rings is 1. The molecular formula is C45H47F2N11O6. The molecule has 5 aliphatic rings. The predicted molar refractivity (Wildman–Crippen MR) is 230 cm³/mol. The monoisotopic (exact) mass is 875 g/mol. The summed E-state index contributed by atoms with van der Waals surface area (Å²) in [5.41, 5.74) is 2.15. The van der Waals surface area contributed by atoms with Crippen LogP contribution in [0.15, 0.2) is 65.7 Å². The summed E-state index contributed by atoms with van der Waals surface area (Å²) in [4.78, 5) is 62.5. The first kappa shape index (κ1) is 40.5. The molecule has 4 aliphatic heterocycles. The van der Waals surface area contributed by atoms with Gasteiger partial charge < -0.3 is 29.6 Å². The zero-order valence-corrected chi connectivity index (χ0v) is 34.9. The molecule has 11 rings (SSSR count). The fraction of sp³-hybridized carbons (Fsp3) is 0.444. The maximum absolute atomic E-state index is 14.3. The number of nitrogens with one attached hydrogen (secondary N) is 3. The third-order valence-corrected chi connectivity index (χ3v) is 13.8. The summed E-state index contributed by atoms with van der Waals surface area (Å²) in [6.07, 6.45) is 7.75. The Labute approximate surface area is 365 Å². The molecule has 0 bridgehead atoms. The van der Waals surface area contributed by atoms with Gasteiger partial charge in [-0.2, -0.15) is 10.2 Å². The number of piperidine rings is 1. The van der Waals surface area contributed by atoms with Gasteiger partial charge in [0.05, 0.1) is 55.4 Å². The van der Waals surface area contributed by atoms with Gasteiger partial charge in [0.15, 0.2) is 11.3 Å². The number of halogens is 2. The van der Waals surface area contributed by atoms with Gasteiger partial charge in [-0.25, -0.2) is 18.3 Å². The van der Waals surface area contributed by atoms with Gasteiger partial charge >= 0.3 is 0 Å². The van der Waals surface area contributed by atoms with Crippen molar-refractivity contribution in [1.29, 1.82) is 0 Å². The summed E-state index contributed by atoms with van der Waals surface area (Å²) in [7, 11) is 0. The van der Waals surface area contributed by atoms with Crippen molar-refractivity contribution in [3.63, 3.8) is 0 Å². The molecule has 17 nitrogen and oxygen atoms in total. The number of amides is 4. The second-order valence-electron chi connectivity index (χ2n) is 17.7. The molecule has 3 N–H and O–H groups in total. The van der Waals surface area contributed by atoms with Crippen LogP contribution in [0.2, 0.25) is 0 Å². The molecule has 4 aromatic heterocycles. The van der Waals surface area contributed by atoms with Crippen LogP contribution in [0.1, 0.15) is 78.5 Å². The van der Waals surface area contributed by atoms with Crippen LogP contribution >= 0.6 is 0 Å². The Bertz CT molecular complexity index is 2810. The number of imide groups is 1. The van der Waals surface area contributed by atoms with Crippen LogP contribution in [-0.4, -0.2) is 122 Å². The van der Waals surface area contributed by atoms with E-state index in [0.29, 0.717) is 41.7 Å². The Balaban J connectivity index is 0.654. The number of morpholine rings is 1. The van der Waals surface area contributed by atoms with E-state index < -0.39 is 23.9 Å². The first-order valence-corrected chi connectivity index (χ1v) is 22.0. The Kier molecular flexibility index (Phi) is 10.3. The third kappa shape index (κ3) is 7.53. The van der Waals surface area contributed by atoms with Gasteiger partial charge in [-0.05, 0) is 73.1 Å². The van der Waals surface area contributed by atoms with E-state index in [0.717, 1.165) is 86.7 Å². The molecule has 3 atom stereocenters. The van der Waals surface area contributed by atoms with Crippen molar-refractivity contribution < 1.29 is 37.1 Å².